The van der Waals surface area contributed by atoms with Crippen LogP contribution in [0.5, 0.6) is 0 Å². The van der Waals surface area contributed by atoms with E-state index in [4.69, 9.17) is 5.73 Å². The van der Waals surface area contributed by atoms with E-state index >= 15 is 0 Å². The zero-order chi connectivity index (χ0) is 15.1. The summed E-state index contributed by atoms with van der Waals surface area (Å²) in [5, 5.41) is 5.94. The molecule has 0 bridgehead atoms. The lowest BCUT2D eigenvalue weighted by atomic mass is 9.96. The third-order valence-corrected chi connectivity index (χ3v) is 3.61. The number of nitrogens with two attached hydrogens (primary N) is 1. The highest BCUT2D eigenvalue weighted by atomic mass is 16.2. The van der Waals surface area contributed by atoms with Gasteiger partial charge in [-0.15, -0.1) is 0 Å². The van der Waals surface area contributed by atoms with Crippen LogP contribution in [0.3, 0.4) is 0 Å². The number of hydrogen-bond acceptors (Lipinski definition) is 2. The molecule has 112 valence electrons. The third kappa shape index (κ3) is 5.13. The van der Waals surface area contributed by atoms with Crippen molar-refractivity contribution in [3.8, 4) is 11.8 Å². The molecule has 2 amide bonds. The van der Waals surface area contributed by atoms with Crippen molar-refractivity contribution in [1.29, 1.82) is 0 Å². The molecule has 1 aromatic carbocycles. The van der Waals surface area contributed by atoms with Gasteiger partial charge in [0.1, 0.15) is 0 Å². The molecule has 4 nitrogen and oxygen atoms in total. The maximum Gasteiger partial charge on any atom is 0.319 e. The van der Waals surface area contributed by atoms with E-state index in [2.05, 4.69) is 22.5 Å². The highest BCUT2D eigenvalue weighted by molar-refractivity contribution is 5.89. The van der Waals surface area contributed by atoms with Crippen LogP contribution in [0.25, 0.3) is 0 Å². The summed E-state index contributed by atoms with van der Waals surface area (Å²) in [5.74, 6) is 5.82. The summed E-state index contributed by atoms with van der Waals surface area (Å²) in [7, 11) is 0. The highest BCUT2D eigenvalue weighted by Gasteiger charge is 2.15. The van der Waals surface area contributed by atoms with Gasteiger partial charge < -0.3 is 16.4 Å². The van der Waals surface area contributed by atoms with E-state index in [1.807, 2.05) is 25.1 Å². The van der Waals surface area contributed by atoms with Gasteiger partial charge in [-0.3, -0.25) is 0 Å². The summed E-state index contributed by atoms with van der Waals surface area (Å²) < 4.78 is 0. The monoisotopic (exact) mass is 285 g/mol. The Morgan fingerprint density at radius 1 is 1.29 bits per heavy atom. The van der Waals surface area contributed by atoms with Gasteiger partial charge in [-0.2, -0.15) is 0 Å². The van der Waals surface area contributed by atoms with E-state index in [9.17, 15) is 4.79 Å². The minimum absolute atomic E-state index is 0.134. The minimum atomic E-state index is -0.134. The minimum Gasteiger partial charge on any atom is -0.335 e. The van der Waals surface area contributed by atoms with Crippen molar-refractivity contribution in [2.75, 3.05) is 11.9 Å². The van der Waals surface area contributed by atoms with Gasteiger partial charge in [-0.1, -0.05) is 31.1 Å². The number of amides is 2. The molecular weight excluding hydrogens is 262 g/mol. The molecule has 2 rings (SSSR count). The Labute approximate surface area is 126 Å². The van der Waals surface area contributed by atoms with Gasteiger partial charge in [0.2, 0.25) is 0 Å². The number of hydrogen-bond donors (Lipinski definition) is 3. The maximum atomic E-state index is 12.0. The number of aryl methyl sites for hydroxylation is 1. The molecule has 0 unspecified atom stereocenters. The fourth-order valence-electron chi connectivity index (χ4n) is 2.68. The molecule has 21 heavy (non-hydrogen) atoms. The van der Waals surface area contributed by atoms with Crippen molar-refractivity contribution < 1.29 is 4.79 Å². The van der Waals surface area contributed by atoms with Crippen LogP contribution < -0.4 is 16.4 Å². The van der Waals surface area contributed by atoms with Crippen LogP contribution in [-0.2, 0) is 0 Å². The molecule has 4 heteroatoms. The molecule has 1 aromatic rings. The summed E-state index contributed by atoms with van der Waals surface area (Å²) in [6.07, 6.45) is 5.84. The van der Waals surface area contributed by atoms with Crippen molar-refractivity contribution in [2.45, 2.75) is 45.1 Å². The second kappa shape index (κ2) is 7.70. The molecule has 4 N–H and O–H groups in total. The topological polar surface area (TPSA) is 67.1 Å². The Bertz CT molecular complexity index is 551. The average Bonchev–Trinajstić information content (AvgIpc) is 2.45. The molecule has 0 heterocycles. The van der Waals surface area contributed by atoms with Crippen LogP contribution in [0.4, 0.5) is 10.5 Å². The largest absolute Gasteiger partial charge is 0.335 e. The first-order valence-corrected chi connectivity index (χ1v) is 7.55. The first kappa shape index (κ1) is 15.4. The molecule has 1 aliphatic rings. The van der Waals surface area contributed by atoms with Gasteiger partial charge in [0.15, 0.2) is 0 Å². The second-order valence-corrected chi connectivity index (χ2v) is 5.53. The van der Waals surface area contributed by atoms with Crippen molar-refractivity contribution >= 4 is 11.7 Å². The fraction of sp³-hybridized carbons (Fsp3) is 0.471. The number of nitrogens with one attached hydrogen (secondary N) is 2. The fourth-order valence-corrected chi connectivity index (χ4v) is 2.68. The number of urea groups is 1. The van der Waals surface area contributed by atoms with E-state index in [0.717, 1.165) is 29.7 Å². The van der Waals surface area contributed by atoms with E-state index in [-0.39, 0.29) is 6.03 Å². The van der Waals surface area contributed by atoms with E-state index in [0.29, 0.717) is 12.6 Å². The molecule has 0 saturated heterocycles. The highest BCUT2D eigenvalue weighted by Crippen LogP contribution is 2.18. The second-order valence-electron chi connectivity index (χ2n) is 5.53. The molecule has 0 aromatic heterocycles. The molecule has 0 aliphatic heterocycles. The number of carbonyl (C=O) groups is 1. The Morgan fingerprint density at radius 3 is 2.76 bits per heavy atom. The molecule has 0 radical (unpaired) electrons. The van der Waals surface area contributed by atoms with Crippen molar-refractivity contribution in [1.82, 2.24) is 5.32 Å². The van der Waals surface area contributed by atoms with E-state index in [1.54, 1.807) is 0 Å². The predicted molar refractivity (Wildman–Crippen MR) is 86.1 cm³/mol. The Balaban J connectivity index is 1.97. The summed E-state index contributed by atoms with van der Waals surface area (Å²) in [6.45, 7) is 2.32. The summed E-state index contributed by atoms with van der Waals surface area (Å²) >= 11 is 0. The standard InChI is InChI=1S/C17H23N3O/c1-13-10-14(6-5-9-18)12-16(11-13)20-17(21)19-15-7-3-2-4-8-15/h10-12,15H,2-4,7-9,18H2,1H3,(H2,19,20,21). The first-order valence-electron chi connectivity index (χ1n) is 7.55. The Morgan fingerprint density at radius 2 is 2.05 bits per heavy atom. The lowest BCUT2D eigenvalue weighted by Gasteiger charge is -2.22. The average molecular weight is 285 g/mol. The van der Waals surface area contributed by atoms with Crippen LogP contribution in [0, 0.1) is 18.8 Å². The van der Waals surface area contributed by atoms with Gasteiger partial charge in [0, 0.05) is 17.3 Å². The van der Waals surface area contributed by atoms with Gasteiger partial charge >= 0.3 is 6.03 Å². The Hall–Kier alpha value is -1.99. The number of carbonyl (C=O) groups excluding carboxylic acids is 1. The van der Waals surface area contributed by atoms with Gasteiger partial charge in [0.05, 0.1) is 6.54 Å². The number of benzene rings is 1. The van der Waals surface area contributed by atoms with Crippen LogP contribution >= 0.6 is 0 Å². The zero-order valence-electron chi connectivity index (χ0n) is 12.5. The van der Waals surface area contributed by atoms with Gasteiger partial charge in [-0.25, -0.2) is 4.79 Å². The predicted octanol–water partition coefficient (Wildman–Crippen LogP) is 2.76. The van der Waals surface area contributed by atoms with Crippen LogP contribution in [-0.4, -0.2) is 18.6 Å². The molecule has 1 fully saturated rings. The van der Waals surface area contributed by atoms with E-state index < -0.39 is 0 Å². The normalized spacial score (nSPS) is 15.0. The Kier molecular flexibility index (Phi) is 5.65. The van der Waals surface area contributed by atoms with Crippen LogP contribution in [0.1, 0.15) is 43.2 Å². The van der Waals surface area contributed by atoms with Crippen molar-refractivity contribution in [3.05, 3.63) is 29.3 Å². The smallest absolute Gasteiger partial charge is 0.319 e. The first-order chi connectivity index (χ1) is 10.2. The quantitative estimate of drug-likeness (QED) is 0.731. The molecule has 1 aliphatic carbocycles. The lowest BCUT2D eigenvalue weighted by molar-refractivity contribution is 0.244. The van der Waals surface area contributed by atoms with Gasteiger partial charge in [0.25, 0.3) is 0 Å². The van der Waals surface area contributed by atoms with Crippen molar-refractivity contribution in [3.63, 3.8) is 0 Å². The molecule has 1 saturated carbocycles. The van der Waals surface area contributed by atoms with Crippen LogP contribution in [0.15, 0.2) is 18.2 Å². The number of rotatable bonds is 2. The summed E-state index contributed by atoms with van der Waals surface area (Å²) in [6, 6.07) is 5.96. The lowest BCUT2D eigenvalue weighted by Crippen LogP contribution is -2.39. The van der Waals surface area contributed by atoms with E-state index in [1.165, 1.54) is 19.3 Å². The summed E-state index contributed by atoms with van der Waals surface area (Å²) in [5.41, 5.74) is 8.08. The molecule has 0 atom stereocenters. The molecular formula is C17H23N3O. The molecule has 0 spiro atoms. The van der Waals surface area contributed by atoms with Gasteiger partial charge in [-0.05, 0) is 43.5 Å². The van der Waals surface area contributed by atoms with Crippen molar-refractivity contribution in [2.24, 2.45) is 5.73 Å². The maximum absolute atomic E-state index is 12.0. The zero-order valence-corrected chi connectivity index (χ0v) is 12.5. The van der Waals surface area contributed by atoms with Crippen LogP contribution in [0.2, 0.25) is 0 Å². The summed E-state index contributed by atoms with van der Waals surface area (Å²) in [4.78, 5) is 12.0. The number of anilines is 1. The SMILES string of the molecule is Cc1cc(C#CCN)cc(NC(=O)NC2CCCCC2)c1. The third-order valence-electron chi connectivity index (χ3n) is 3.61.